The van der Waals surface area contributed by atoms with Gasteiger partial charge in [0.2, 0.25) is 0 Å². The highest BCUT2D eigenvalue weighted by Crippen LogP contribution is 2.48. The van der Waals surface area contributed by atoms with Crippen LogP contribution in [-0.2, 0) is 11.4 Å². The molecule has 1 aromatic carbocycles. The summed E-state index contributed by atoms with van der Waals surface area (Å²) in [7, 11) is 0. The zero-order chi connectivity index (χ0) is 14.7. The first-order valence-corrected chi connectivity index (χ1v) is 8.73. The molecule has 4 heteroatoms. The van der Waals surface area contributed by atoms with Crippen LogP contribution < -0.4 is 0 Å². The second-order valence-corrected chi connectivity index (χ2v) is 7.14. The molecule has 1 aliphatic carbocycles. The van der Waals surface area contributed by atoms with E-state index in [4.69, 9.17) is 9.82 Å². The van der Waals surface area contributed by atoms with Crippen LogP contribution in [0.25, 0.3) is 11.0 Å². The zero-order valence-electron chi connectivity index (χ0n) is 13.1. The molecule has 0 radical (unpaired) electrons. The number of imidazole rings is 1. The van der Waals surface area contributed by atoms with Crippen molar-refractivity contribution in [2.45, 2.75) is 63.8 Å². The molecule has 4 nitrogen and oxygen atoms in total. The Balaban J connectivity index is 1.57. The highest BCUT2D eigenvalue weighted by molar-refractivity contribution is 5.76. The van der Waals surface area contributed by atoms with E-state index in [0.29, 0.717) is 24.1 Å². The van der Waals surface area contributed by atoms with E-state index in [0.717, 1.165) is 12.1 Å². The summed E-state index contributed by atoms with van der Waals surface area (Å²) in [5.41, 5.74) is 2.40. The van der Waals surface area contributed by atoms with Crippen LogP contribution >= 0.6 is 0 Å². The maximum Gasteiger partial charge on any atom is 0.130 e. The number of hydrogen-bond donors (Lipinski definition) is 0. The van der Waals surface area contributed by atoms with Gasteiger partial charge in [0.05, 0.1) is 17.1 Å². The van der Waals surface area contributed by atoms with E-state index in [1.54, 1.807) is 0 Å². The van der Waals surface area contributed by atoms with Gasteiger partial charge in [0.25, 0.3) is 0 Å². The largest absolute Gasteiger partial charge is 0.326 e. The van der Waals surface area contributed by atoms with E-state index in [2.05, 4.69) is 40.8 Å². The van der Waals surface area contributed by atoms with Gasteiger partial charge in [-0.1, -0.05) is 31.4 Å². The Bertz CT molecular complexity index is 703. The van der Waals surface area contributed by atoms with E-state index in [1.807, 2.05) is 0 Å². The third-order valence-electron chi connectivity index (χ3n) is 5.85. The molecule has 0 spiro atoms. The van der Waals surface area contributed by atoms with Crippen LogP contribution in [0.15, 0.2) is 24.3 Å². The summed E-state index contributed by atoms with van der Waals surface area (Å²) in [6.07, 6.45) is 6.91. The number of fused-ring (bicyclic) bond motifs is 5. The molecule has 1 saturated carbocycles. The molecule has 116 valence electrons. The molecule has 5 rings (SSSR count). The Hall–Kier alpha value is -1.39. The van der Waals surface area contributed by atoms with Crippen molar-refractivity contribution in [2.24, 2.45) is 5.92 Å². The molecule has 2 fully saturated rings. The van der Waals surface area contributed by atoms with Crippen LogP contribution in [0.2, 0.25) is 0 Å². The monoisotopic (exact) mass is 297 g/mol. The minimum atomic E-state index is 0.299. The zero-order valence-corrected chi connectivity index (χ0v) is 13.1. The van der Waals surface area contributed by atoms with Crippen LogP contribution in [0.5, 0.6) is 0 Å². The van der Waals surface area contributed by atoms with Crippen LogP contribution in [0.1, 0.15) is 50.9 Å². The number of hydroxylamine groups is 2. The summed E-state index contributed by atoms with van der Waals surface area (Å²) >= 11 is 0. The second-order valence-electron chi connectivity index (χ2n) is 7.14. The number of aromatic nitrogens is 2. The number of hydrogen-bond acceptors (Lipinski definition) is 3. The number of benzene rings is 1. The van der Waals surface area contributed by atoms with Crippen molar-refractivity contribution >= 4 is 11.0 Å². The molecule has 0 bridgehead atoms. The third kappa shape index (κ3) is 1.74. The molecule has 3 heterocycles. The van der Waals surface area contributed by atoms with Crippen molar-refractivity contribution in [1.29, 1.82) is 0 Å². The number of nitrogens with zero attached hydrogens (tertiary/aromatic N) is 3. The molecule has 2 aromatic rings. The Morgan fingerprint density at radius 1 is 1.14 bits per heavy atom. The van der Waals surface area contributed by atoms with Crippen LogP contribution in [0.3, 0.4) is 0 Å². The minimum absolute atomic E-state index is 0.299. The highest BCUT2D eigenvalue weighted by atomic mass is 16.7. The van der Waals surface area contributed by atoms with Gasteiger partial charge in [-0.15, -0.1) is 0 Å². The minimum Gasteiger partial charge on any atom is -0.326 e. The van der Waals surface area contributed by atoms with Gasteiger partial charge in [0.1, 0.15) is 11.9 Å². The Morgan fingerprint density at radius 3 is 2.82 bits per heavy atom. The Morgan fingerprint density at radius 2 is 1.95 bits per heavy atom. The summed E-state index contributed by atoms with van der Waals surface area (Å²) in [6, 6.07) is 9.45. The molecule has 1 saturated heterocycles. The topological polar surface area (TPSA) is 30.3 Å². The molecule has 0 unspecified atom stereocenters. The fourth-order valence-electron chi connectivity index (χ4n) is 4.71. The van der Waals surface area contributed by atoms with Gasteiger partial charge in [0, 0.05) is 18.5 Å². The summed E-state index contributed by atoms with van der Waals surface area (Å²) in [5, 5.41) is 2.33. The number of rotatable bonds is 1. The van der Waals surface area contributed by atoms with Gasteiger partial charge in [0.15, 0.2) is 0 Å². The average molecular weight is 297 g/mol. The fraction of sp³-hybridized carbons (Fsp3) is 0.611. The standard InChI is InChI=1S/C18H23N3O/c1-12-14-11-20-16-10-6-5-9-15(16)19-18(20)17(14)21(22-12)13-7-3-2-4-8-13/h5-6,9-10,12-14,17H,2-4,7-8,11H2,1H3/t12-,14-,17+/m0/s1. The van der Waals surface area contributed by atoms with E-state index in [1.165, 1.54) is 43.4 Å². The summed E-state index contributed by atoms with van der Waals surface area (Å²) < 4.78 is 2.43. The van der Waals surface area contributed by atoms with Gasteiger partial charge in [-0.2, -0.15) is 5.06 Å². The molecular weight excluding hydrogens is 274 g/mol. The van der Waals surface area contributed by atoms with Crippen LogP contribution in [0, 0.1) is 5.92 Å². The van der Waals surface area contributed by atoms with Gasteiger partial charge < -0.3 is 4.57 Å². The van der Waals surface area contributed by atoms with Crippen LogP contribution in [0.4, 0.5) is 0 Å². The van der Waals surface area contributed by atoms with E-state index < -0.39 is 0 Å². The molecule has 0 amide bonds. The molecule has 22 heavy (non-hydrogen) atoms. The second kappa shape index (κ2) is 4.80. The molecule has 3 atom stereocenters. The van der Waals surface area contributed by atoms with Gasteiger partial charge >= 0.3 is 0 Å². The van der Waals surface area contributed by atoms with E-state index in [-0.39, 0.29) is 0 Å². The smallest absolute Gasteiger partial charge is 0.130 e. The lowest BCUT2D eigenvalue weighted by Gasteiger charge is -2.33. The normalized spacial score (nSPS) is 32.5. The van der Waals surface area contributed by atoms with Gasteiger partial charge in [-0.05, 0) is 31.9 Å². The lowest BCUT2D eigenvalue weighted by atomic mass is 9.92. The van der Waals surface area contributed by atoms with Crippen LogP contribution in [-0.4, -0.2) is 26.8 Å². The quantitative estimate of drug-likeness (QED) is 0.804. The fourth-order valence-corrected chi connectivity index (χ4v) is 4.71. The van der Waals surface area contributed by atoms with Crippen molar-refractivity contribution in [1.82, 2.24) is 14.6 Å². The molecule has 3 aliphatic rings. The Labute approximate surface area is 131 Å². The molecule has 0 N–H and O–H groups in total. The number of para-hydroxylation sites is 2. The van der Waals surface area contributed by atoms with Crippen molar-refractivity contribution in [2.75, 3.05) is 0 Å². The molecular formula is C18H23N3O. The summed E-state index contributed by atoms with van der Waals surface area (Å²) in [6.45, 7) is 3.28. The van der Waals surface area contributed by atoms with Crippen molar-refractivity contribution < 1.29 is 4.84 Å². The van der Waals surface area contributed by atoms with Crippen molar-refractivity contribution in [3.8, 4) is 0 Å². The predicted molar refractivity (Wildman–Crippen MR) is 85.2 cm³/mol. The van der Waals surface area contributed by atoms with E-state index in [9.17, 15) is 0 Å². The maximum atomic E-state index is 6.30. The maximum absolute atomic E-state index is 6.30. The summed E-state index contributed by atoms with van der Waals surface area (Å²) in [5.74, 6) is 1.77. The SMILES string of the molecule is C[C@@H]1ON(C2CCCCC2)[C@H]2c3nc4ccccc4n3C[C@@H]12. The van der Waals surface area contributed by atoms with E-state index >= 15 is 0 Å². The molecule has 1 aromatic heterocycles. The van der Waals surface area contributed by atoms with Gasteiger partial charge in [-0.3, -0.25) is 4.84 Å². The third-order valence-corrected chi connectivity index (χ3v) is 5.85. The lowest BCUT2D eigenvalue weighted by molar-refractivity contribution is -0.194. The Kier molecular flexibility index (Phi) is 2.86. The van der Waals surface area contributed by atoms with Gasteiger partial charge in [-0.25, -0.2) is 4.98 Å². The summed E-state index contributed by atoms with van der Waals surface area (Å²) in [4.78, 5) is 11.3. The molecule has 2 aliphatic heterocycles. The highest BCUT2D eigenvalue weighted by Gasteiger charge is 2.51. The van der Waals surface area contributed by atoms with Crippen molar-refractivity contribution in [3.63, 3.8) is 0 Å². The predicted octanol–water partition coefficient (Wildman–Crippen LogP) is 3.68. The lowest BCUT2D eigenvalue weighted by Crippen LogP contribution is -2.36. The first-order valence-electron chi connectivity index (χ1n) is 8.73. The first kappa shape index (κ1) is 13.1. The first-order chi connectivity index (χ1) is 10.8. The van der Waals surface area contributed by atoms with Crippen molar-refractivity contribution in [3.05, 3.63) is 30.1 Å². The average Bonchev–Trinajstić information content (AvgIpc) is 3.18.